The van der Waals surface area contributed by atoms with Gasteiger partial charge in [0.25, 0.3) is 0 Å². The molecule has 0 saturated carbocycles. The number of allylic oxidation sites excluding steroid dienone is 1. The van der Waals surface area contributed by atoms with E-state index in [1.165, 1.54) is 43.0 Å². The number of hydrogen-bond donors (Lipinski definition) is 1. The third-order valence-electron chi connectivity index (χ3n) is 5.31. The molecule has 0 spiro atoms. The smallest absolute Gasteiger partial charge is 0.230 e. The third-order valence-corrected chi connectivity index (χ3v) is 6.27. The van der Waals surface area contributed by atoms with Gasteiger partial charge in [-0.05, 0) is 49.8 Å². The molecule has 0 fully saturated rings. The van der Waals surface area contributed by atoms with Crippen molar-refractivity contribution in [2.24, 2.45) is 0 Å². The maximum absolute atomic E-state index is 12.4. The molecular weight excluding hydrogens is 406 g/mol. The molecule has 1 aromatic carbocycles. The average Bonchev–Trinajstić information content (AvgIpc) is 3.22. The van der Waals surface area contributed by atoms with Crippen molar-refractivity contribution in [3.05, 3.63) is 72.1 Å². The van der Waals surface area contributed by atoms with Gasteiger partial charge in [0.15, 0.2) is 11.0 Å². The summed E-state index contributed by atoms with van der Waals surface area (Å²) < 4.78 is 2.05. The molecule has 0 unspecified atom stereocenters. The van der Waals surface area contributed by atoms with Gasteiger partial charge in [-0.1, -0.05) is 53.7 Å². The van der Waals surface area contributed by atoms with Gasteiger partial charge in [0.05, 0.1) is 12.3 Å². The minimum Gasteiger partial charge on any atom is -0.355 e. The fraction of sp³-hybridized carbons (Fsp3) is 0.333. The first kappa shape index (κ1) is 21.3. The SMILES string of the molecule is O=C(CSc1nnc(-c2cccnc2)n1Cc1ccccc1)NCCC1=CCCCC1. The number of pyridine rings is 1. The monoisotopic (exact) mass is 433 g/mol. The van der Waals surface area contributed by atoms with E-state index in [0.29, 0.717) is 18.8 Å². The normalized spacial score (nSPS) is 13.6. The van der Waals surface area contributed by atoms with Crippen LogP contribution in [-0.2, 0) is 11.3 Å². The van der Waals surface area contributed by atoms with E-state index >= 15 is 0 Å². The lowest BCUT2D eigenvalue weighted by Gasteiger charge is -2.13. The minimum absolute atomic E-state index is 0.0265. The van der Waals surface area contributed by atoms with E-state index in [-0.39, 0.29) is 5.91 Å². The molecule has 6 nitrogen and oxygen atoms in total. The summed E-state index contributed by atoms with van der Waals surface area (Å²) in [7, 11) is 0. The number of nitrogens with zero attached hydrogens (tertiary/aromatic N) is 4. The Morgan fingerprint density at radius 1 is 1.10 bits per heavy atom. The zero-order chi connectivity index (χ0) is 21.3. The largest absolute Gasteiger partial charge is 0.355 e. The maximum atomic E-state index is 12.4. The van der Waals surface area contributed by atoms with Crippen molar-refractivity contribution in [2.45, 2.75) is 43.8 Å². The molecule has 0 bridgehead atoms. The van der Waals surface area contributed by atoms with Gasteiger partial charge in [-0.15, -0.1) is 10.2 Å². The molecule has 160 valence electrons. The fourth-order valence-electron chi connectivity index (χ4n) is 3.69. The second kappa shape index (κ2) is 10.9. The van der Waals surface area contributed by atoms with Crippen molar-refractivity contribution in [1.29, 1.82) is 0 Å². The van der Waals surface area contributed by atoms with E-state index < -0.39 is 0 Å². The van der Waals surface area contributed by atoms with E-state index in [1.807, 2.05) is 30.3 Å². The molecule has 1 amide bonds. The highest BCUT2D eigenvalue weighted by molar-refractivity contribution is 7.99. The number of carbonyl (C=O) groups is 1. The first-order valence-corrected chi connectivity index (χ1v) is 11.7. The van der Waals surface area contributed by atoms with E-state index in [4.69, 9.17) is 0 Å². The third kappa shape index (κ3) is 6.04. The van der Waals surface area contributed by atoms with Crippen LogP contribution in [0.2, 0.25) is 0 Å². The van der Waals surface area contributed by atoms with Crippen LogP contribution in [0.15, 0.2) is 71.7 Å². The Hall–Kier alpha value is -2.93. The lowest BCUT2D eigenvalue weighted by molar-refractivity contribution is -0.118. The molecule has 1 aliphatic rings. The van der Waals surface area contributed by atoms with E-state index in [1.54, 1.807) is 12.4 Å². The Bertz CT molecular complexity index is 1020. The molecule has 31 heavy (non-hydrogen) atoms. The summed E-state index contributed by atoms with van der Waals surface area (Å²) in [5.74, 6) is 1.10. The molecule has 4 rings (SSSR count). The molecule has 0 atom stereocenters. The zero-order valence-corrected chi connectivity index (χ0v) is 18.4. The summed E-state index contributed by atoms with van der Waals surface area (Å²) in [5, 5.41) is 12.5. The van der Waals surface area contributed by atoms with Crippen LogP contribution in [0.25, 0.3) is 11.4 Å². The van der Waals surface area contributed by atoms with Crippen molar-refractivity contribution in [3.8, 4) is 11.4 Å². The molecule has 1 N–H and O–H groups in total. The molecular formula is C24H27N5OS. The van der Waals surface area contributed by atoms with Gasteiger partial charge in [0.2, 0.25) is 5.91 Å². The summed E-state index contributed by atoms with van der Waals surface area (Å²) in [4.78, 5) is 16.6. The van der Waals surface area contributed by atoms with Gasteiger partial charge in [-0.3, -0.25) is 14.3 Å². The van der Waals surface area contributed by atoms with Crippen molar-refractivity contribution < 1.29 is 4.79 Å². The fourth-order valence-corrected chi connectivity index (χ4v) is 4.46. The Labute approximate surface area is 187 Å². The van der Waals surface area contributed by atoms with Gasteiger partial charge >= 0.3 is 0 Å². The quantitative estimate of drug-likeness (QED) is 0.398. The topological polar surface area (TPSA) is 72.7 Å². The average molecular weight is 434 g/mol. The number of aromatic nitrogens is 4. The predicted molar refractivity (Wildman–Crippen MR) is 124 cm³/mol. The van der Waals surface area contributed by atoms with Gasteiger partial charge in [-0.25, -0.2) is 0 Å². The molecule has 2 heterocycles. The molecule has 7 heteroatoms. The van der Waals surface area contributed by atoms with Crippen LogP contribution in [0.3, 0.4) is 0 Å². The first-order chi connectivity index (χ1) is 15.3. The summed E-state index contributed by atoms with van der Waals surface area (Å²) in [6.45, 7) is 1.33. The minimum atomic E-state index is 0.0265. The van der Waals surface area contributed by atoms with Crippen molar-refractivity contribution in [2.75, 3.05) is 12.3 Å². The lowest BCUT2D eigenvalue weighted by Crippen LogP contribution is -2.26. The highest BCUT2D eigenvalue weighted by Crippen LogP contribution is 2.25. The standard InChI is InChI=1S/C24H27N5OS/c30-22(26-15-13-19-8-3-1-4-9-19)18-31-24-28-27-23(21-12-7-14-25-16-21)29(24)17-20-10-5-2-6-11-20/h2,5-8,10-12,14,16H,1,3-4,9,13,15,17-18H2,(H,26,30). The second-order valence-corrected chi connectivity index (χ2v) is 8.56. The number of carbonyl (C=O) groups excluding carboxylic acids is 1. The Kier molecular flexibility index (Phi) is 7.50. The van der Waals surface area contributed by atoms with Crippen LogP contribution in [0, 0.1) is 0 Å². The van der Waals surface area contributed by atoms with E-state index in [2.05, 4.69) is 43.3 Å². The van der Waals surface area contributed by atoms with Gasteiger partial charge in [0, 0.05) is 24.5 Å². The van der Waals surface area contributed by atoms with Crippen LogP contribution in [0.4, 0.5) is 0 Å². The number of thioether (sulfide) groups is 1. The molecule has 1 aliphatic carbocycles. The Morgan fingerprint density at radius 3 is 2.77 bits per heavy atom. The summed E-state index contributed by atoms with van der Waals surface area (Å²) in [6, 6.07) is 14.1. The summed E-state index contributed by atoms with van der Waals surface area (Å²) in [5.41, 5.74) is 3.53. The summed E-state index contributed by atoms with van der Waals surface area (Å²) >= 11 is 1.42. The maximum Gasteiger partial charge on any atom is 0.230 e. The molecule has 0 saturated heterocycles. The number of hydrogen-bond acceptors (Lipinski definition) is 5. The highest BCUT2D eigenvalue weighted by Gasteiger charge is 2.16. The zero-order valence-electron chi connectivity index (χ0n) is 17.5. The van der Waals surface area contributed by atoms with Crippen LogP contribution < -0.4 is 5.32 Å². The van der Waals surface area contributed by atoms with Crippen molar-refractivity contribution in [3.63, 3.8) is 0 Å². The van der Waals surface area contributed by atoms with E-state index in [9.17, 15) is 4.79 Å². The molecule has 0 radical (unpaired) electrons. The molecule has 2 aromatic heterocycles. The number of benzene rings is 1. The van der Waals surface area contributed by atoms with Gasteiger partial charge in [-0.2, -0.15) is 0 Å². The number of rotatable bonds is 9. The first-order valence-electron chi connectivity index (χ1n) is 10.7. The second-order valence-electron chi connectivity index (χ2n) is 7.62. The predicted octanol–water partition coefficient (Wildman–Crippen LogP) is 4.49. The van der Waals surface area contributed by atoms with Gasteiger partial charge in [0.1, 0.15) is 0 Å². The molecule has 3 aromatic rings. The van der Waals surface area contributed by atoms with Crippen LogP contribution in [-0.4, -0.2) is 38.0 Å². The number of nitrogens with one attached hydrogen (secondary N) is 1. The number of amides is 1. The highest BCUT2D eigenvalue weighted by atomic mass is 32.2. The molecule has 0 aliphatic heterocycles. The van der Waals surface area contributed by atoms with Crippen molar-refractivity contribution in [1.82, 2.24) is 25.1 Å². The Morgan fingerprint density at radius 2 is 2.00 bits per heavy atom. The summed E-state index contributed by atoms with van der Waals surface area (Å²) in [6.07, 6.45) is 11.7. The van der Waals surface area contributed by atoms with Crippen LogP contribution in [0.1, 0.15) is 37.7 Å². The van der Waals surface area contributed by atoms with E-state index in [0.717, 1.165) is 28.5 Å². The van der Waals surface area contributed by atoms with Crippen molar-refractivity contribution >= 4 is 17.7 Å². The van der Waals surface area contributed by atoms with Crippen LogP contribution >= 0.6 is 11.8 Å². The lowest BCUT2D eigenvalue weighted by atomic mass is 9.97. The Balaban J connectivity index is 1.40. The van der Waals surface area contributed by atoms with Gasteiger partial charge < -0.3 is 5.32 Å². The van der Waals surface area contributed by atoms with Crippen LogP contribution in [0.5, 0.6) is 0 Å².